The van der Waals surface area contributed by atoms with E-state index < -0.39 is 0 Å². The van der Waals surface area contributed by atoms with Gasteiger partial charge in [-0.15, -0.1) is 0 Å². The summed E-state index contributed by atoms with van der Waals surface area (Å²) in [7, 11) is 0. The summed E-state index contributed by atoms with van der Waals surface area (Å²) in [4.78, 5) is 28.7. The van der Waals surface area contributed by atoms with Crippen LogP contribution in [0.2, 0.25) is 0 Å². The highest BCUT2D eigenvalue weighted by Gasteiger charge is 2.35. The summed E-state index contributed by atoms with van der Waals surface area (Å²) in [5, 5.41) is 2.93. The fourth-order valence-electron chi connectivity index (χ4n) is 3.30. The standard InChI is InChI=1S/C18H23N3O4/c1-12(20-6-8-21(9-7-20)18(23)13-2-3-13)17(22)19-14-4-5-15-16(10-14)25-11-24-15/h4-5,10,12-13H,2-3,6-9,11H2,1H3,(H,19,22). The van der Waals surface area contributed by atoms with Gasteiger partial charge in [0.15, 0.2) is 11.5 Å². The van der Waals surface area contributed by atoms with E-state index in [2.05, 4.69) is 10.2 Å². The van der Waals surface area contributed by atoms with E-state index in [1.807, 2.05) is 17.9 Å². The minimum atomic E-state index is -0.247. The molecule has 0 radical (unpaired) electrons. The number of nitrogens with one attached hydrogen (secondary N) is 1. The molecule has 1 unspecified atom stereocenters. The summed E-state index contributed by atoms with van der Waals surface area (Å²) in [6.07, 6.45) is 2.07. The molecule has 2 heterocycles. The second-order valence-corrected chi connectivity index (χ2v) is 6.87. The normalized spacial score (nSPS) is 21.1. The topological polar surface area (TPSA) is 71.1 Å². The highest BCUT2D eigenvalue weighted by atomic mass is 16.7. The summed E-state index contributed by atoms with van der Waals surface area (Å²) < 4.78 is 10.6. The predicted octanol–water partition coefficient (Wildman–Crippen LogP) is 1.30. The van der Waals surface area contributed by atoms with Gasteiger partial charge in [0.2, 0.25) is 18.6 Å². The molecule has 1 atom stereocenters. The van der Waals surface area contributed by atoms with Gasteiger partial charge in [-0.05, 0) is 31.9 Å². The lowest BCUT2D eigenvalue weighted by Crippen LogP contribution is -2.54. The van der Waals surface area contributed by atoms with Crippen molar-refractivity contribution in [2.45, 2.75) is 25.8 Å². The summed E-state index contributed by atoms with van der Waals surface area (Å²) >= 11 is 0. The van der Waals surface area contributed by atoms with E-state index >= 15 is 0 Å². The first-order chi connectivity index (χ1) is 12.1. The Morgan fingerprint density at radius 3 is 2.56 bits per heavy atom. The molecule has 0 bridgehead atoms. The van der Waals surface area contributed by atoms with Crippen LogP contribution in [0.3, 0.4) is 0 Å². The predicted molar refractivity (Wildman–Crippen MR) is 91.5 cm³/mol. The van der Waals surface area contributed by atoms with Crippen LogP contribution in [0.4, 0.5) is 5.69 Å². The Morgan fingerprint density at radius 2 is 1.84 bits per heavy atom. The third-order valence-corrected chi connectivity index (χ3v) is 5.12. The fourth-order valence-corrected chi connectivity index (χ4v) is 3.30. The van der Waals surface area contributed by atoms with Gasteiger partial charge in [0.05, 0.1) is 6.04 Å². The molecule has 2 fully saturated rings. The van der Waals surface area contributed by atoms with Gasteiger partial charge in [-0.2, -0.15) is 0 Å². The van der Waals surface area contributed by atoms with Crippen molar-refractivity contribution in [2.24, 2.45) is 5.92 Å². The van der Waals surface area contributed by atoms with Crippen molar-refractivity contribution >= 4 is 17.5 Å². The van der Waals surface area contributed by atoms with E-state index in [9.17, 15) is 9.59 Å². The Morgan fingerprint density at radius 1 is 1.12 bits per heavy atom. The second kappa shape index (κ2) is 6.55. The van der Waals surface area contributed by atoms with Gasteiger partial charge in [-0.3, -0.25) is 14.5 Å². The molecule has 3 aliphatic rings. The molecule has 0 aromatic heterocycles. The molecule has 25 heavy (non-hydrogen) atoms. The summed E-state index contributed by atoms with van der Waals surface area (Å²) in [6, 6.07) is 5.14. The molecule has 1 saturated heterocycles. The molecular weight excluding hydrogens is 322 g/mol. The van der Waals surface area contributed by atoms with Gasteiger partial charge in [-0.1, -0.05) is 0 Å². The van der Waals surface area contributed by atoms with Crippen LogP contribution in [0, 0.1) is 5.92 Å². The van der Waals surface area contributed by atoms with Crippen LogP contribution in [-0.2, 0) is 9.59 Å². The van der Waals surface area contributed by atoms with E-state index in [0.717, 1.165) is 25.9 Å². The van der Waals surface area contributed by atoms with E-state index in [0.29, 0.717) is 30.3 Å². The zero-order chi connectivity index (χ0) is 17.4. The van der Waals surface area contributed by atoms with E-state index in [4.69, 9.17) is 9.47 Å². The number of carbonyl (C=O) groups is 2. The first kappa shape index (κ1) is 16.2. The summed E-state index contributed by atoms with van der Waals surface area (Å²) in [5.41, 5.74) is 0.698. The zero-order valence-corrected chi connectivity index (χ0v) is 14.4. The van der Waals surface area contributed by atoms with E-state index in [-0.39, 0.29) is 30.6 Å². The molecule has 7 nitrogen and oxygen atoms in total. The van der Waals surface area contributed by atoms with Gasteiger partial charge in [0, 0.05) is 43.9 Å². The molecule has 2 amide bonds. The molecule has 4 rings (SSSR count). The largest absolute Gasteiger partial charge is 0.454 e. The molecular formula is C18H23N3O4. The zero-order valence-electron chi connectivity index (χ0n) is 14.4. The molecule has 0 spiro atoms. The fraction of sp³-hybridized carbons (Fsp3) is 0.556. The number of ether oxygens (including phenoxy) is 2. The van der Waals surface area contributed by atoms with Gasteiger partial charge >= 0.3 is 0 Å². The lowest BCUT2D eigenvalue weighted by atomic mass is 10.2. The van der Waals surface area contributed by atoms with Crippen molar-refractivity contribution in [3.05, 3.63) is 18.2 Å². The van der Waals surface area contributed by atoms with E-state index in [1.54, 1.807) is 12.1 Å². The van der Waals surface area contributed by atoms with E-state index in [1.165, 1.54) is 0 Å². The SMILES string of the molecule is CC(C(=O)Nc1ccc2c(c1)OCO2)N1CCN(C(=O)C2CC2)CC1. The Balaban J connectivity index is 1.31. The van der Waals surface area contributed by atoms with Crippen LogP contribution in [0.15, 0.2) is 18.2 Å². The average Bonchev–Trinajstić information content (AvgIpc) is 3.38. The van der Waals surface area contributed by atoms with Crippen LogP contribution < -0.4 is 14.8 Å². The van der Waals surface area contributed by atoms with Crippen LogP contribution >= 0.6 is 0 Å². The van der Waals surface area contributed by atoms with Gasteiger partial charge in [0.1, 0.15) is 0 Å². The van der Waals surface area contributed by atoms with Crippen molar-refractivity contribution in [1.82, 2.24) is 9.80 Å². The first-order valence-electron chi connectivity index (χ1n) is 8.85. The third-order valence-electron chi connectivity index (χ3n) is 5.12. The number of rotatable bonds is 4. The number of anilines is 1. The Bertz CT molecular complexity index is 681. The number of amides is 2. The number of benzene rings is 1. The molecule has 134 valence electrons. The molecule has 2 aliphatic heterocycles. The minimum absolute atomic E-state index is 0.0548. The number of nitrogens with zero attached hydrogens (tertiary/aromatic N) is 2. The van der Waals surface area contributed by atoms with Crippen LogP contribution in [0.25, 0.3) is 0 Å². The number of carbonyl (C=O) groups excluding carboxylic acids is 2. The maximum Gasteiger partial charge on any atom is 0.241 e. The smallest absolute Gasteiger partial charge is 0.241 e. The molecule has 1 aromatic rings. The summed E-state index contributed by atoms with van der Waals surface area (Å²) in [5.74, 6) is 1.84. The number of fused-ring (bicyclic) bond motifs is 1. The minimum Gasteiger partial charge on any atom is -0.454 e. The highest BCUT2D eigenvalue weighted by Crippen LogP contribution is 2.34. The van der Waals surface area contributed by atoms with Crippen molar-refractivity contribution in [1.29, 1.82) is 0 Å². The molecule has 1 saturated carbocycles. The van der Waals surface area contributed by atoms with Crippen molar-refractivity contribution in [2.75, 3.05) is 38.3 Å². The quantitative estimate of drug-likeness (QED) is 0.891. The van der Waals surface area contributed by atoms with Gasteiger partial charge < -0.3 is 19.7 Å². The lowest BCUT2D eigenvalue weighted by molar-refractivity contribution is -0.135. The molecule has 1 aliphatic carbocycles. The molecule has 7 heteroatoms. The maximum absolute atomic E-state index is 12.5. The Hall–Kier alpha value is -2.28. The Kier molecular flexibility index (Phi) is 4.25. The monoisotopic (exact) mass is 345 g/mol. The highest BCUT2D eigenvalue weighted by molar-refractivity contribution is 5.95. The van der Waals surface area contributed by atoms with Crippen molar-refractivity contribution in [3.8, 4) is 11.5 Å². The maximum atomic E-state index is 12.5. The second-order valence-electron chi connectivity index (χ2n) is 6.87. The van der Waals surface area contributed by atoms with Gasteiger partial charge in [-0.25, -0.2) is 0 Å². The number of piperazine rings is 1. The summed E-state index contributed by atoms with van der Waals surface area (Å²) in [6.45, 7) is 4.99. The molecule has 1 aromatic carbocycles. The average molecular weight is 345 g/mol. The number of hydrogen-bond donors (Lipinski definition) is 1. The first-order valence-corrected chi connectivity index (χ1v) is 8.85. The Labute approximate surface area is 146 Å². The third kappa shape index (κ3) is 3.42. The van der Waals surface area contributed by atoms with Crippen LogP contribution in [0.5, 0.6) is 11.5 Å². The van der Waals surface area contributed by atoms with Gasteiger partial charge in [0.25, 0.3) is 0 Å². The van der Waals surface area contributed by atoms with Crippen molar-refractivity contribution in [3.63, 3.8) is 0 Å². The lowest BCUT2D eigenvalue weighted by Gasteiger charge is -2.37. The number of hydrogen-bond acceptors (Lipinski definition) is 5. The van der Waals surface area contributed by atoms with Crippen LogP contribution in [0.1, 0.15) is 19.8 Å². The van der Waals surface area contributed by atoms with Crippen LogP contribution in [-0.4, -0.2) is 60.6 Å². The molecule has 1 N–H and O–H groups in total. The van der Waals surface area contributed by atoms with Crippen molar-refractivity contribution < 1.29 is 19.1 Å².